The second-order valence-corrected chi connectivity index (χ2v) is 5.26. The maximum atomic E-state index is 11.9. The lowest BCUT2D eigenvalue weighted by atomic mass is 9.98. The molecular weight excluding hydrogens is 202 g/mol. The van der Waals surface area contributed by atoms with E-state index in [1.165, 1.54) is 25.7 Å². The van der Waals surface area contributed by atoms with Gasteiger partial charge in [-0.2, -0.15) is 0 Å². The van der Waals surface area contributed by atoms with Gasteiger partial charge in [-0.25, -0.2) is 0 Å². The molecule has 1 rings (SSSR count). The molecule has 2 N–H and O–H groups in total. The maximum absolute atomic E-state index is 11.9. The molecule has 0 aromatic rings. The Kier molecular flexibility index (Phi) is 5.26. The summed E-state index contributed by atoms with van der Waals surface area (Å²) in [6.07, 6.45) is 7.55. The molecule has 0 heterocycles. The summed E-state index contributed by atoms with van der Waals surface area (Å²) in [6, 6.07) is 0. The molecule has 1 unspecified atom stereocenters. The van der Waals surface area contributed by atoms with Crippen LogP contribution in [0.25, 0.3) is 0 Å². The third-order valence-electron chi connectivity index (χ3n) is 3.63. The average molecular weight is 227 g/mol. The Morgan fingerprint density at radius 3 is 2.38 bits per heavy atom. The van der Waals surface area contributed by atoms with E-state index in [0.717, 1.165) is 12.8 Å². The SMILES string of the molecule is CCC(C)(O)CNC(=O)C1CCCCCC1. The summed E-state index contributed by atoms with van der Waals surface area (Å²) in [5.41, 5.74) is -0.764. The minimum Gasteiger partial charge on any atom is -0.388 e. The number of hydrogen-bond donors (Lipinski definition) is 2. The Hall–Kier alpha value is -0.570. The topological polar surface area (TPSA) is 49.3 Å². The number of carbonyl (C=O) groups is 1. The van der Waals surface area contributed by atoms with Gasteiger partial charge in [0.2, 0.25) is 5.91 Å². The Morgan fingerprint density at radius 2 is 1.88 bits per heavy atom. The molecular formula is C13H25NO2. The second kappa shape index (κ2) is 6.24. The quantitative estimate of drug-likeness (QED) is 0.724. The molecule has 1 amide bonds. The largest absolute Gasteiger partial charge is 0.388 e. The van der Waals surface area contributed by atoms with Gasteiger partial charge in [0, 0.05) is 12.5 Å². The highest BCUT2D eigenvalue weighted by molar-refractivity contribution is 5.78. The van der Waals surface area contributed by atoms with Crippen LogP contribution in [0.1, 0.15) is 58.8 Å². The molecule has 0 aromatic carbocycles. The molecule has 1 saturated carbocycles. The third-order valence-corrected chi connectivity index (χ3v) is 3.63. The van der Waals surface area contributed by atoms with Crippen LogP contribution < -0.4 is 5.32 Å². The lowest BCUT2D eigenvalue weighted by Crippen LogP contribution is -2.42. The highest BCUT2D eigenvalue weighted by Gasteiger charge is 2.23. The highest BCUT2D eigenvalue weighted by Crippen LogP contribution is 2.23. The van der Waals surface area contributed by atoms with Crippen LogP contribution in [0.4, 0.5) is 0 Å². The molecule has 1 fully saturated rings. The van der Waals surface area contributed by atoms with Crippen molar-refractivity contribution in [3.8, 4) is 0 Å². The van der Waals surface area contributed by atoms with E-state index in [0.29, 0.717) is 13.0 Å². The van der Waals surface area contributed by atoms with E-state index in [2.05, 4.69) is 5.32 Å². The zero-order valence-corrected chi connectivity index (χ0v) is 10.6. The van der Waals surface area contributed by atoms with Crippen molar-refractivity contribution in [1.29, 1.82) is 0 Å². The molecule has 0 radical (unpaired) electrons. The minimum atomic E-state index is -0.764. The number of rotatable bonds is 4. The summed E-state index contributed by atoms with van der Waals surface area (Å²) in [7, 11) is 0. The first kappa shape index (κ1) is 13.5. The fourth-order valence-corrected chi connectivity index (χ4v) is 2.09. The summed E-state index contributed by atoms with van der Waals surface area (Å²) in [5.74, 6) is 0.311. The standard InChI is InChI=1S/C13H25NO2/c1-3-13(2,16)10-14-12(15)11-8-6-4-5-7-9-11/h11,16H,3-10H2,1-2H3,(H,14,15). The third kappa shape index (κ3) is 4.52. The van der Waals surface area contributed by atoms with Gasteiger partial charge in [0.25, 0.3) is 0 Å². The molecule has 1 atom stereocenters. The summed E-state index contributed by atoms with van der Waals surface area (Å²) in [4.78, 5) is 11.9. The van der Waals surface area contributed by atoms with Gasteiger partial charge in [-0.05, 0) is 26.2 Å². The van der Waals surface area contributed by atoms with E-state index in [1.807, 2.05) is 6.92 Å². The molecule has 0 aromatic heterocycles. The van der Waals surface area contributed by atoms with Crippen molar-refractivity contribution in [2.24, 2.45) is 5.92 Å². The predicted octanol–water partition coefficient (Wildman–Crippen LogP) is 2.23. The number of aliphatic hydroxyl groups is 1. The minimum absolute atomic E-state index is 0.135. The van der Waals surface area contributed by atoms with Gasteiger partial charge in [0.1, 0.15) is 0 Å². The zero-order chi connectivity index (χ0) is 12.0. The lowest BCUT2D eigenvalue weighted by molar-refractivity contribution is -0.126. The Morgan fingerprint density at radius 1 is 1.31 bits per heavy atom. The van der Waals surface area contributed by atoms with Crippen molar-refractivity contribution in [3.63, 3.8) is 0 Å². The van der Waals surface area contributed by atoms with Crippen LogP contribution in [0.3, 0.4) is 0 Å². The monoisotopic (exact) mass is 227 g/mol. The summed E-state index contributed by atoms with van der Waals surface area (Å²) >= 11 is 0. The molecule has 1 aliphatic rings. The van der Waals surface area contributed by atoms with E-state index in [-0.39, 0.29) is 11.8 Å². The first-order valence-corrected chi connectivity index (χ1v) is 6.55. The predicted molar refractivity (Wildman–Crippen MR) is 65.1 cm³/mol. The summed E-state index contributed by atoms with van der Waals surface area (Å²) < 4.78 is 0. The van der Waals surface area contributed by atoms with Crippen LogP contribution in [0.15, 0.2) is 0 Å². The molecule has 0 spiro atoms. The van der Waals surface area contributed by atoms with Gasteiger partial charge in [-0.1, -0.05) is 32.6 Å². The number of amides is 1. The Bertz CT molecular complexity index is 218. The number of hydrogen-bond acceptors (Lipinski definition) is 2. The van der Waals surface area contributed by atoms with Crippen molar-refractivity contribution in [2.45, 2.75) is 64.4 Å². The summed E-state index contributed by atoms with van der Waals surface area (Å²) in [6.45, 7) is 4.07. The van der Waals surface area contributed by atoms with Gasteiger partial charge in [0.15, 0.2) is 0 Å². The Balaban J connectivity index is 2.33. The van der Waals surface area contributed by atoms with E-state index >= 15 is 0 Å². The molecule has 0 saturated heterocycles. The van der Waals surface area contributed by atoms with Crippen LogP contribution in [0.2, 0.25) is 0 Å². The fraction of sp³-hybridized carbons (Fsp3) is 0.923. The summed E-state index contributed by atoms with van der Waals surface area (Å²) in [5, 5.41) is 12.7. The van der Waals surface area contributed by atoms with E-state index in [9.17, 15) is 9.90 Å². The number of carbonyl (C=O) groups excluding carboxylic acids is 1. The molecule has 16 heavy (non-hydrogen) atoms. The zero-order valence-electron chi connectivity index (χ0n) is 10.6. The van der Waals surface area contributed by atoms with Crippen molar-refractivity contribution >= 4 is 5.91 Å². The van der Waals surface area contributed by atoms with E-state index in [1.54, 1.807) is 6.92 Å². The molecule has 3 nitrogen and oxygen atoms in total. The second-order valence-electron chi connectivity index (χ2n) is 5.26. The average Bonchev–Trinajstić information content (AvgIpc) is 2.54. The van der Waals surface area contributed by atoms with E-state index in [4.69, 9.17) is 0 Å². The van der Waals surface area contributed by atoms with Gasteiger partial charge < -0.3 is 10.4 Å². The molecule has 0 bridgehead atoms. The van der Waals surface area contributed by atoms with Crippen molar-refractivity contribution < 1.29 is 9.90 Å². The van der Waals surface area contributed by atoms with Crippen LogP contribution in [-0.4, -0.2) is 23.2 Å². The van der Waals surface area contributed by atoms with Crippen LogP contribution in [0.5, 0.6) is 0 Å². The highest BCUT2D eigenvalue weighted by atomic mass is 16.3. The van der Waals surface area contributed by atoms with Crippen LogP contribution in [-0.2, 0) is 4.79 Å². The first-order valence-electron chi connectivity index (χ1n) is 6.55. The van der Waals surface area contributed by atoms with E-state index < -0.39 is 5.60 Å². The first-order chi connectivity index (χ1) is 7.55. The lowest BCUT2D eigenvalue weighted by Gasteiger charge is -2.23. The molecule has 94 valence electrons. The smallest absolute Gasteiger partial charge is 0.223 e. The van der Waals surface area contributed by atoms with Crippen molar-refractivity contribution in [1.82, 2.24) is 5.32 Å². The van der Waals surface area contributed by atoms with Gasteiger partial charge in [-0.3, -0.25) is 4.79 Å². The van der Waals surface area contributed by atoms with Gasteiger partial charge in [0.05, 0.1) is 5.60 Å². The van der Waals surface area contributed by atoms with Crippen molar-refractivity contribution in [2.75, 3.05) is 6.54 Å². The van der Waals surface area contributed by atoms with Crippen LogP contribution >= 0.6 is 0 Å². The maximum Gasteiger partial charge on any atom is 0.223 e. The van der Waals surface area contributed by atoms with Gasteiger partial charge >= 0.3 is 0 Å². The normalized spacial score (nSPS) is 22.2. The molecule has 3 heteroatoms. The molecule has 0 aliphatic heterocycles. The van der Waals surface area contributed by atoms with Gasteiger partial charge in [-0.15, -0.1) is 0 Å². The number of nitrogens with one attached hydrogen (secondary N) is 1. The Labute approximate surface area is 98.6 Å². The van der Waals surface area contributed by atoms with Crippen LogP contribution in [0, 0.1) is 5.92 Å². The fourth-order valence-electron chi connectivity index (χ4n) is 2.09. The molecule has 1 aliphatic carbocycles. The van der Waals surface area contributed by atoms with Crippen molar-refractivity contribution in [3.05, 3.63) is 0 Å².